The van der Waals surface area contributed by atoms with Crippen LogP contribution in [-0.2, 0) is 9.53 Å². The maximum absolute atomic E-state index is 13.5. The van der Waals surface area contributed by atoms with Crippen molar-refractivity contribution in [3.05, 3.63) is 70.6 Å². The molecule has 1 aliphatic heterocycles. The van der Waals surface area contributed by atoms with E-state index in [0.29, 0.717) is 79.7 Å². The van der Waals surface area contributed by atoms with Crippen LogP contribution in [0.25, 0.3) is 5.69 Å². The van der Waals surface area contributed by atoms with E-state index in [2.05, 4.69) is 20.6 Å². The molecule has 2 heterocycles. The van der Waals surface area contributed by atoms with Gasteiger partial charge in [0, 0.05) is 52.9 Å². The first-order chi connectivity index (χ1) is 18.9. The molecule has 0 spiro atoms. The number of carbonyl (C=O) groups excluding carboxylic acids is 2. The van der Waals surface area contributed by atoms with Gasteiger partial charge in [-0.05, 0) is 31.5 Å². The molecule has 4 rings (SSSR count). The Hall–Kier alpha value is -4.12. The first-order valence-electron chi connectivity index (χ1n) is 13.1. The van der Waals surface area contributed by atoms with E-state index in [1.165, 1.54) is 11.6 Å². The molecule has 1 aromatic heterocycles. The smallest absolute Gasteiger partial charge is 0.296 e. The number of ether oxygens (including phenoxy) is 1. The lowest BCUT2D eigenvalue weighted by atomic mass is 9.93. The normalized spacial score (nSPS) is 13.3. The number of benzene rings is 2. The number of piperazine rings is 1. The van der Waals surface area contributed by atoms with Gasteiger partial charge in [0.05, 0.1) is 28.8 Å². The zero-order valence-electron chi connectivity index (χ0n) is 22.4. The molecule has 202 valence electrons. The Labute approximate surface area is 229 Å². The molecule has 2 N–H and O–H groups in total. The summed E-state index contributed by atoms with van der Waals surface area (Å²) in [6.45, 7) is 7.03. The minimum atomic E-state index is -0.266. The van der Waals surface area contributed by atoms with Gasteiger partial charge in [-0.3, -0.25) is 14.4 Å². The third kappa shape index (κ3) is 6.86. The highest BCUT2D eigenvalue weighted by Gasteiger charge is 2.27. The summed E-state index contributed by atoms with van der Waals surface area (Å²) in [6, 6.07) is 14.1. The summed E-state index contributed by atoms with van der Waals surface area (Å²) >= 11 is 0. The molecule has 2 radical (unpaired) electrons. The second kappa shape index (κ2) is 13.1. The number of carbonyl (C=O) groups is 2. The third-order valence-corrected chi connectivity index (χ3v) is 6.42. The van der Waals surface area contributed by atoms with Crippen molar-refractivity contribution in [3.63, 3.8) is 0 Å². The molecule has 3 aromatic rings. The Bertz CT molecular complexity index is 1360. The van der Waals surface area contributed by atoms with Crippen LogP contribution in [0.15, 0.2) is 59.5 Å². The number of nitrogens with zero attached hydrogens (tertiary/aromatic N) is 4. The molecule has 11 heteroatoms. The van der Waals surface area contributed by atoms with Crippen molar-refractivity contribution >= 4 is 42.2 Å². The zero-order valence-corrected chi connectivity index (χ0v) is 22.4. The van der Waals surface area contributed by atoms with Crippen molar-refractivity contribution in [3.8, 4) is 5.69 Å². The van der Waals surface area contributed by atoms with Crippen molar-refractivity contribution in [1.29, 1.82) is 0 Å². The van der Waals surface area contributed by atoms with Gasteiger partial charge in [-0.1, -0.05) is 35.8 Å². The van der Waals surface area contributed by atoms with E-state index in [4.69, 9.17) is 12.6 Å². The van der Waals surface area contributed by atoms with E-state index in [-0.39, 0.29) is 17.4 Å². The maximum Gasteiger partial charge on any atom is 0.296 e. The largest absolute Gasteiger partial charge is 0.382 e. The van der Waals surface area contributed by atoms with Gasteiger partial charge in [-0.25, -0.2) is 0 Å². The number of para-hydroxylation sites is 1. The highest BCUT2D eigenvalue weighted by molar-refractivity contribution is 6.33. The van der Waals surface area contributed by atoms with Crippen molar-refractivity contribution in [2.75, 3.05) is 61.5 Å². The average molecular weight is 528 g/mol. The summed E-state index contributed by atoms with van der Waals surface area (Å²) in [6.07, 6.45) is 2.45. The fourth-order valence-corrected chi connectivity index (χ4v) is 4.49. The van der Waals surface area contributed by atoms with E-state index in [9.17, 15) is 14.4 Å². The van der Waals surface area contributed by atoms with Crippen molar-refractivity contribution in [2.45, 2.75) is 20.3 Å². The van der Waals surface area contributed by atoms with Gasteiger partial charge < -0.3 is 25.2 Å². The number of amides is 2. The van der Waals surface area contributed by atoms with Crippen LogP contribution in [0.4, 0.5) is 17.1 Å². The third-order valence-electron chi connectivity index (χ3n) is 6.42. The van der Waals surface area contributed by atoms with E-state index in [1.807, 2.05) is 37.3 Å². The molecule has 0 bridgehead atoms. The second-order valence-corrected chi connectivity index (χ2v) is 9.20. The summed E-state index contributed by atoms with van der Waals surface area (Å²) in [5.41, 5.74) is 2.81. The summed E-state index contributed by atoms with van der Waals surface area (Å²) in [4.78, 5) is 42.3. The molecule has 0 unspecified atom stereocenters. The Balaban J connectivity index is 1.53. The van der Waals surface area contributed by atoms with Gasteiger partial charge in [0.25, 0.3) is 11.5 Å². The molecule has 2 aromatic carbocycles. The number of hydrogen-bond acceptors (Lipinski definition) is 7. The number of rotatable bonds is 10. The van der Waals surface area contributed by atoms with Gasteiger partial charge in [-0.2, -0.15) is 9.78 Å². The lowest BCUT2D eigenvalue weighted by Gasteiger charge is -2.37. The SMILES string of the molecule is [B]c1ccc(NC(C)=O)c(C(=O)N2CCN(c3cnn(-c4ccccc4)c(=O)c3NCCCOCC)CC2)c1. The molecule has 0 atom stereocenters. The fraction of sp³-hybridized carbons (Fsp3) is 0.357. The molecular weight excluding hydrogens is 495 g/mol. The predicted molar refractivity (Wildman–Crippen MR) is 154 cm³/mol. The lowest BCUT2D eigenvalue weighted by Crippen LogP contribution is -2.49. The average Bonchev–Trinajstić information content (AvgIpc) is 2.94. The highest BCUT2D eigenvalue weighted by atomic mass is 16.5. The van der Waals surface area contributed by atoms with Gasteiger partial charge in [-0.15, -0.1) is 0 Å². The molecule has 39 heavy (non-hydrogen) atoms. The molecular formula is C28H33BN6O4. The quantitative estimate of drug-likeness (QED) is 0.305. The molecule has 1 aliphatic rings. The van der Waals surface area contributed by atoms with E-state index in [1.54, 1.807) is 29.3 Å². The fourth-order valence-electron chi connectivity index (χ4n) is 4.49. The van der Waals surface area contributed by atoms with Crippen molar-refractivity contribution in [2.24, 2.45) is 0 Å². The first-order valence-corrected chi connectivity index (χ1v) is 13.1. The second-order valence-electron chi connectivity index (χ2n) is 9.20. The Morgan fingerprint density at radius 3 is 2.51 bits per heavy atom. The van der Waals surface area contributed by atoms with Gasteiger partial charge in [0.1, 0.15) is 13.5 Å². The topological polar surface area (TPSA) is 109 Å². The Morgan fingerprint density at radius 2 is 1.82 bits per heavy atom. The zero-order chi connectivity index (χ0) is 27.8. The van der Waals surface area contributed by atoms with Gasteiger partial charge >= 0.3 is 0 Å². The number of aromatic nitrogens is 2. The molecule has 1 saturated heterocycles. The van der Waals surface area contributed by atoms with Crippen molar-refractivity contribution < 1.29 is 14.3 Å². The van der Waals surface area contributed by atoms with Crippen LogP contribution >= 0.6 is 0 Å². The summed E-state index contributed by atoms with van der Waals surface area (Å²) in [7, 11) is 5.93. The molecule has 1 fully saturated rings. The van der Waals surface area contributed by atoms with Crippen LogP contribution in [0, 0.1) is 0 Å². The van der Waals surface area contributed by atoms with Crippen LogP contribution in [0.5, 0.6) is 0 Å². The molecule has 0 aliphatic carbocycles. The van der Waals surface area contributed by atoms with E-state index < -0.39 is 0 Å². The highest BCUT2D eigenvalue weighted by Crippen LogP contribution is 2.25. The number of nitrogens with one attached hydrogen (secondary N) is 2. The molecule has 2 amide bonds. The van der Waals surface area contributed by atoms with Crippen LogP contribution in [-0.4, -0.2) is 80.3 Å². The molecule has 0 saturated carbocycles. The van der Waals surface area contributed by atoms with Crippen LogP contribution in [0.1, 0.15) is 30.6 Å². The van der Waals surface area contributed by atoms with E-state index >= 15 is 0 Å². The minimum absolute atomic E-state index is 0.211. The summed E-state index contributed by atoms with van der Waals surface area (Å²) in [5, 5.41) is 10.5. The summed E-state index contributed by atoms with van der Waals surface area (Å²) < 4.78 is 6.82. The van der Waals surface area contributed by atoms with E-state index in [0.717, 1.165) is 6.42 Å². The molecule has 10 nitrogen and oxygen atoms in total. The van der Waals surface area contributed by atoms with Crippen LogP contribution < -0.4 is 26.6 Å². The Morgan fingerprint density at radius 1 is 1.08 bits per heavy atom. The van der Waals surface area contributed by atoms with Gasteiger partial charge in [0.2, 0.25) is 5.91 Å². The maximum atomic E-state index is 13.5. The Kier molecular flexibility index (Phi) is 9.38. The lowest BCUT2D eigenvalue weighted by molar-refractivity contribution is -0.114. The monoisotopic (exact) mass is 528 g/mol. The first kappa shape index (κ1) is 27.9. The van der Waals surface area contributed by atoms with Gasteiger partial charge in [0.15, 0.2) is 0 Å². The van der Waals surface area contributed by atoms with Crippen molar-refractivity contribution in [1.82, 2.24) is 14.7 Å². The predicted octanol–water partition coefficient (Wildman–Crippen LogP) is 1.79. The standard InChI is InChI=1S/C28H33BN6O4/c1-3-39-17-7-12-30-26-25(19-31-35(28(26)38)22-8-5-4-6-9-22)33-13-15-34(16-14-33)27(37)23-18-21(29)10-11-24(23)32-20(2)36/h4-6,8-11,18-19,30H,3,7,12-17H2,1-2H3,(H,32,36). The minimum Gasteiger partial charge on any atom is -0.382 e. The number of hydrogen-bond donors (Lipinski definition) is 2. The number of anilines is 3. The summed E-state index contributed by atoms with van der Waals surface area (Å²) in [5.74, 6) is -0.477. The van der Waals surface area contributed by atoms with Crippen LogP contribution in [0.3, 0.4) is 0 Å². The van der Waals surface area contributed by atoms with Crippen LogP contribution in [0.2, 0.25) is 0 Å².